The Hall–Kier alpha value is -2.21. The first-order valence-electron chi connectivity index (χ1n) is 7.76. The standard InChI is InChI=1S/C17H23N3O3/c1-12-6-4-7-14-16(12)18-11-20(17(14)22)9-5-8-15(21)19-13(2)10-23-3/h4,6-7,11,13H,5,8-10H2,1-3H3,(H,19,21)/t13-/m1/s1. The van der Waals surface area contributed by atoms with Gasteiger partial charge in [0.1, 0.15) is 0 Å². The highest BCUT2D eigenvalue weighted by Gasteiger charge is 2.08. The van der Waals surface area contributed by atoms with Crippen LogP contribution < -0.4 is 10.9 Å². The maximum absolute atomic E-state index is 12.4. The fourth-order valence-corrected chi connectivity index (χ4v) is 2.55. The highest BCUT2D eigenvalue weighted by atomic mass is 16.5. The van der Waals surface area contributed by atoms with Gasteiger partial charge in [-0.15, -0.1) is 0 Å². The van der Waals surface area contributed by atoms with Crippen LogP contribution in [0, 0.1) is 6.92 Å². The second-order valence-corrected chi connectivity index (χ2v) is 5.74. The van der Waals surface area contributed by atoms with Gasteiger partial charge < -0.3 is 10.1 Å². The van der Waals surface area contributed by atoms with Crippen molar-refractivity contribution in [3.63, 3.8) is 0 Å². The molecule has 0 saturated carbocycles. The molecule has 0 aliphatic heterocycles. The van der Waals surface area contributed by atoms with E-state index in [1.807, 2.05) is 26.0 Å². The molecule has 124 valence electrons. The number of hydrogen-bond donors (Lipinski definition) is 1. The minimum absolute atomic E-state index is 0.0134. The Morgan fingerprint density at radius 1 is 1.43 bits per heavy atom. The predicted octanol–water partition coefficient (Wildman–Crippen LogP) is 1.64. The smallest absolute Gasteiger partial charge is 0.261 e. The summed E-state index contributed by atoms with van der Waals surface area (Å²) in [5, 5.41) is 3.47. The summed E-state index contributed by atoms with van der Waals surface area (Å²) >= 11 is 0. The third-order valence-electron chi connectivity index (χ3n) is 3.68. The first-order valence-corrected chi connectivity index (χ1v) is 7.76. The summed E-state index contributed by atoms with van der Waals surface area (Å²) in [6.07, 6.45) is 2.51. The van der Waals surface area contributed by atoms with Gasteiger partial charge in [0.05, 0.1) is 23.8 Å². The average Bonchev–Trinajstić information content (AvgIpc) is 2.50. The number of nitrogens with zero attached hydrogens (tertiary/aromatic N) is 2. The van der Waals surface area contributed by atoms with Crippen molar-refractivity contribution in [3.05, 3.63) is 40.4 Å². The van der Waals surface area contributed by atoms with Crippen LogP contribution in [0.25, 0.3) is 10.9 Å². The quantitative estimate of drug-likeness (QED) is 0.842. The molecule has 1 heterocycles. The number of fused-ring (bicyclic) bond motifs is 1. The molecule has 1 N–H and O–H groups in total. The minimum Gasteiger partial charge on any atom is -0.383 e. The van der Waals surface area contributed by atoms with E-state index in [0.717, 1.165) is 11.1 Å². The van der Waals surface area contributed by atoms with Gasteiger partial charge in [-0.3, -0.25) is 14.2 Å². The maximum atomic E-state index is 12.4. The number of methoxy groups -OCH3 is 1. The van der Waals surface area contributed by atoms with Gasteiger partial charge in [-0.1, -0.05) is 12.1 Å². The van der Waals surface area contributed by atoms with Crippen molar-refractivity contribution < 1.29 is 9.53 Å². The molecule has 6 nitrogen and oxygen atoms in total. The van der Waals surface area contributed by atoms with Gasteiger partial charge in [-0.2, -0.15) is 0 Å². The van der Waals surface area contributed by atoms with Crippen molar-refractivity contribution in [2.45, 2.75) is 39.3 Å². The molecule has 0 fully saturated rings. The van der Waals surface area contributed by atoms with E-state index in [0.29, 0.717) is 31.4 Å². The summed E-state index contributed by atoms with van der Waals surface area (Å²) < 4.78 is 6.54. The minimum atomic E-state index is -0.0631. The van der Waals surface area contributed by atoms with Gasteiger partial charge >= 0.3 is 0 Å². The Labute approximate surface area is 135 Å². The van der Waals surface area contributed by atoms with Crippen LogP contribution in [-0.4, -0.2) is 35.2 Å². The first kappa shape index (κ1) is 17.1. The number of carbonyl (C=O) groups excluding carboxylic acids is 1. The Bertz CT molecular complexity index is 739. The lowest BCUT2D eigenvalue weighted by Crippen LogP contribution is -2.35. The average molecular weight is 317 g/mol. The number of amides is 1. The molecule has 6 heteroatoms. The number of hydrogen-bond acceptors (Lipinski definition) is 4. The fourth-order valence-electron chi connectivity index (χ4n) is 2.55. The lowest BCUT2D eigenvalue weighted by Gasteiger charge is -2.13. The predicted molar refractivity (Wildman–Crippen MR) is 89.5 cm³/mol. The summed E-state index contributed by atoms with van der Waals surface area (Å²) in [6.45, 7) is 4.78. The molecule has 0 bridgehead atoms. The third-order valence-corrected chi connectivity index (χ3v) is 3.68. The van der Waals surface area contributed by atoms with Crippen LogP contribution in [0.3, 0.4) is 0 Å². The van der Waals surface area contributed by atoms with E-state index in [9.17, 15) is 9.59 Å². The molecule has 1 aromatic carbocycles. The van der Waals surface area contributed by atoms with E-state index in [1.165, 1.54) is 0 Å². The van der Waals surface area contributed by atoms with Gasteiger partial charge in [0.25, 0.3) is 5.56 Å². The number of para-hydroxylation sites is 1. The van der Waals surface area contributed by atoms with Crippen LogP contribution in [0.4, 0.5) is 0 Å². The van der Waals surface area contributed by atoms with E-state index < -0.39 is 0 Å². The molecule has 2 aromatic rings. The van der Waals surface area contributed by atoms with Crippen molar-refractivity contribution >= 4 is 16.8 Å². The summed E-state index contributed by atoms with van der Waals surface area (Å²) in [6, 6.07) is 5.56. The lowest BCUT2D eigenvalue weighted by atomic mass is 10.1. The Morgan fingerprint density at radius 2 is 2.22 bits per heavy atom. The second-order valence-electron chi connectivity index (χ2n) is 5.74. The van der Waals surface area contributed by atoms with Crippen LogP contribution >= 0.6 is 0 Å². The van der Waals surface area contributed by atoms with Crippen molar-refractivity contribution in [2.75, 3.05) is 13.7 Å². The first-order chi connectivity index (χ1) is 11.0. The normalized spacial score (nSPS) is 12.3. The number of aryl methyl sites for hydroxylation is 2. The van der Waals surface area contributed by atoms with Gasteiger partial charge in [0, 0.05) is 26.1 Å². The summed E-state index contributed by atoms with van der Waals surface area (Å²) in [4.78, 5) is 28.6. The molecule has 0 saturated heterocycles. The molecule has 0 aliphatic carbocycles. The highest BCUT2D eigenvalue weighted by molar-refractivity contribution is 5.80. The number of rotatable bonds is 7. The van der Waals surface area contributed by atoms with Gasteiger partial charge in [-0.25, -0.2) is 4.98 Å². The monoisotopic (exact) mass is 317 g/mol. The molecule has 1 amide bonds. The van der Waals surface area contributed by atoms with Crippen molar-refractivity contribution in [2.24, 2.45) is 0 Å². The van der Waals surface area contributed by atoms with E-state index in [1.54, 1.807) is 24.1 Å². The number of nitrogens with one attached hydrogen (secondary N) is 1. The highest BCUT2D eigenvalue weighted by Crippen LogP contribution is 2.11. The summed E-state index contributed by atoms with van der Waals surface area (Å²) in [5.41, 5.74) is 1.66. The Kier molecular flexibility index (Phi) is 5.87. The van der Waals surface area contributed by atoms with E-state index >= 15 is 0 Å². The topological polar surface area (TPSA) is 73.2 Å². The second kappa shape index (κ2) is 7.87. The van der Waals surface area contributed by atoms with Crippen LogP contribution in [0.2, 0.25) is 0 Å². The SMILES string of the molecule is COC[C@@H](C)NC(=O)CCCn1cnc2c(C)cccc2c1=O. The molecular formula is C17H23N3O3. The molecule has 0 spiro atoms. The Balaban J connectivity index is 1.97. The van der Waals surface area contributed by atoms with E-state index in [4.69, 9.17) is 4.74 Å². The zero-order valence-corrected chi connectivity index (χ0v) is 13.8. The molecular weight excluding hydrogens is 294 g/mol. The number of ether oxygens (including phenoxy) is 1. The zero-order valence-electron chi connectivity index (χ0n) is 13.8. The Morgan fingerprint density at radius 3 is 2.96 bits per heavy atom. The molecule has 1 aromatic heterocycles. The molecule has 0 unspecified atom stereocenters. The van der Waals surface area contributed by atoms with Crippen LogP contribution in [-0.2, 0) is 16.1 Å². The molecule has 0 aliphatic rings. The third kappa shape index (κ3) is 4.39. The number of benzene rings is 1. The fraction of sp³-hybridized carbons (Fsp3) is 0.471. The van der Waals surface area contributed by atoms with Crippen molar-refractivity contribution in [1.82, 2.24) is 14.9 Å². The van der Waals surface area contributed by atoms with Crippen LogP contribution in [0.1, 0.15) is 25.3 Å². The summed E-state index contributed by atoms with van der Waals surface area (Å²) in [5.74, 6) is -0.0350. The van der Waals surface area contributed by atoms with Crippen molar-refractivity contribution in [3.8, 4) is 0 Å². The summed E-state index contributed by atoms with van der Waals surface area (Å²) in [7, 11) is 1.60. The lowest BCUT2D eigenvalue weighted by molar-refractivity contribution is -0.122. The van der Waals surface area contributed by atoms with Gasteiger partial charge in [-0.05, 0) is 31.9 Å². The van der Waals surface area contributed by atoms with Crippen LogP contribution in [0.15, 0.2) is 29.3 Å². The van der Waals surface area contributed by atoms with Crippen molar-refractivity contribution in [1.29, 1.82) is 0 Å². The molecule has 2 rings (SSSR count). The number of aromatic nitrogens is 2. The zero-order chi connectivity index (χ0) is 16.8. The maximum Gasteiger partial charge on any atom is 0.261 e. The number of carbonyl (C=O) groups is 1. The van der Waals surface area contributed by atoms with Crippen LogP contribution in [0.5, 0.6) is 0 Å². The molecule has 0 radical (unpaired) electrons. The van der Waals surface area contributed by atoms with E-state index in [2.05, 4.69) is 10.3 Å². The largest absolute Gasteiger partial charge is 0.383 e. The molecule has 1 atom stereocenters. The van der Waals surface area contributed by atoms with Gasteiger partial charge in [0.2, 0.25) is 5.91 Å². The van der Waals surface area contributed by atoms with E-state index in [-0.39, 0.29) is 17.5 Å². The molecule has 23 heavy (non-hydrogen) atoms. The van der Waals surface area contributed by atoms with Gasteiger partial charge in [0.15, 0.2) is 0 Å².